The molecule has 8 nitrogen and oxygen atoms in total. The standard InChI is InChI=1S/C28H22ClN5O3S/c29-19-8-5-6-17(14-19)15-20(16-34-26(36)22-10-3-4-11-23(22)27(34)37)31-28(38)33-32-25(35)24-21-9-2-1-7-18(21)12-13-30-24/h1-14,20H,15-16H2,(H,32,35)(H2,31,33,38). The molecule has 0 saturated heterocycles. The molecular weight excluding hydrogens is 522 g/mol. The van der Waals surface area contributed by atoms with Crippen LogP contribution in [0.2, 0.25) is 5.02 Å². The van der Waals surface area contributed by atoms with Gasteiger partial charge in [0.05, 0.1) is 17.2 Å². The van der Waals surface area contributed by atoms with Crippen molar-refractivity contribution in [2.75, 3.05) is 6.54 Å². The Hall–Kier alpha value is -4.34. The van der Waals surface area contributed by atoms with Crippen molar-refractivity contribution in [3.8, 4) is 0 Å². The number of amides is 3. The van der Waals surface area contributed by atoms with Crippen molar-refractivity contribution in [1.82, 2.24) is 26.1 Å². The van der Waals surface area contributed by atoms with Crippen molar-refractivity contribution in [3.63, 3.8) is 0 Å². The second-order valence-electron chi connectivity index (χ2n) is 8.73. The Morgan fingerprint density at radius 1 is 0.921 bits per heavy atom. The highest BCUT2D eigenvalue weighted by Crippen LogP contribution is 2.23. The minimum Gasteiger partial charge on any atom is -0.356 e. The van der Waals surface area contributed by atoms with Gasteiger partial charge < -0.3 is 5.32 Å². The minimum absolute atomic E-state index is 0.0551. The van der Waals surface area contributed by atoms with Crippen LogP contribution in [0.25, 0.3) is 10.8 Å². The number of halogens is 1. The predicted octanol–water partition coefficient (Wildman–Crippen LogP) is 3.90. The molecule has 1 atom stereocenters. The zero-order valence-corrected chi connectivity index (χ0v) is 21.6. The average molecular weight is 544 g/mol. The summed E-state index contributed by atoms with van der Waals surface area (Å²) in [4.78, 5) is 44.2. The zero-order valence-electron chi connectivity index (χ0n) is 20.0. The molecule has 4 aromatic rings. The van der Waals surface area contributed by atoms with Crippen LogP contribution in [0.5, 0.6) is 0 Å². The van der Waals surface area contributed by atoms with Gasteiger partial charge in [0.15, 0.2) is 5.11 Å². The lowest BCUT2D eigenvalue weighted by molar-refractivity contribution is 0.0641. The molecule has 1 aliphatic rings. The molecule has 3 aromatic carbocycles. The summed E-state index contributed by atoms with van der Waals surface area (Å²) in [6.45, 7) is 0.0551. The summed E-state index contributed by atoms with van der Waals surface area (Å²) >= 11 is 11.6. The van der Waals surface area contributed by atoms with Crippen LogP contribution in [0.4, 0.5) is 0 Å². The number of carbonyl (C=O) groups excluding carboxylic acids is 3. The molecule has 0 bridgehead atoms. The first kappa shape index (κ1) is 25.3. The number of fused-ring (bicyclic) bond motifs is 2. The highest BCUT2D eigenvalue weighted by atomic mass is 35.5. The first-order chi connectivity index (χ1) is 18.4. The van der Waals surface area contributed by atoms with Gasteiger partial charge in [-0.15, -0.1) is 0 Å². The Morgan fingerprint density at radius 3 is 2.37 bits per heavy atom. The van der Waals surface area contributed by atoms with E-state index in [9.17, 15) is 14.4 Å². The van der Waals surface area contributed by atoms with E-state index >= 15 is 0 Å². The molecule has 0 aliphatic carbocycles. The number of carbonyl (C=O) groups is 3. The normalized spacial score (nSPS) is 13.2. The van der Waals surface area contributed by atoms with Crippen LogP contribution in [0.3, 0.4) is 0 Å². The zero-order chi connectivity index (χ0) is 26.6. The van der Waals surface area contributed by atoms with Crippen LogP contribution in [-0.4, -0.2) is 45.3 Å². The first-order valence-electron chi connectivity index (χ1n) is 11.8. The second-order valence-corrected chi connectivity index (χ2v) is 9.58. The molecule has 1 unspecified atom stereocenters. The molecule has 190 valence electrons. The van der Waals surface area contributed by atoms with E-state index in [-0.39, 0.29) is 29.2 Å². The molecule has 10 heteroatoms. The predicted molar refractivity (Wildman–Crippen MR) is 149 cm³/mol. The van der Waals surface area contributed by atoms with Crippen LogP contribution in [0, 0.1) is 0 Å². The number of aromatic nitrogens is 1. The number of imide groups is 1. The summed E-state index contributed by atoms with van der Waals surface area (Å²) in [7, 11) is 0. The second kappa shape index (κ2) is 11.0. The minimum atomic E-state index is -0.469. The molecular formula is C28H22ClN5O3S. The SMILES string of the molecule is O=C(NNC(=S)NC(Cc1cccc(Cl)c1)CN1C(=O)c2ccccc2C1=O)c1nccc2ccccc12. The lowest BCUT2D eigenvalue weighted by Crippen LogP contribution is -2.53. The van der Waals surface area contributed by atoms with E-state index in [2.05, 4.69) is 21.2 Å². The number of rotatable bonds is 6. The fraction of sp³-hybridized carbons (Fsp3) is 0.107. The van der Waals surface area contributed by atoms with Crippen LogP contribution in [0.15, 0.2) is 85.1 Å². The first-order valence-corrected chi connectivity index (χ1v) is 12.6. The molecule has 0 radical (unpaired) electrons. The van der Waals surface area contributed by atoms with Gasteiger partial charge in [-0.1, -0.05) is 60.1 Å². The van der Waals surface area contributed by atoms with Crippen LogP contribution < -0.4 is 16.2 Å². The van der Waals surface area contributed by atoms with Gasteiger partial charge in [0.1, 0.15) is 5.69 Å². The Labute approximate surface area is 229 Å². The number of benzene rings is 3. The van der Waals surface area contributed by atoms with Crippen molar-refractivity contribution >= 4 is 57.4 Å². The van der Waals surface area contributed by atoms with Gasteiger partial charge in [0.2, 0.25) is 0 Å². The summed E-state index contributed by atoms with van der Waals surface area (Å²) in [5.74, 6) is -1.19. The van der Waals surface area contributed by atoms with Crippen LogP contribution in [-0.2, 0) is 6.42 Å². The highest BCUT2D eigenvalue weighted by Gasteiger charge is 2.36. The molecule has 1 aromatic heterocycles. The Morgan fingerprint density at radius 2 is 1.63 bits per heavy atom. The van der Waals surface area contributed by atoms with Gasteiger partial charge in [-0.2, -0.15) is 0 Å². The van der Waals surface area contributed by atoms with Gasteiger partial charge >= 0.3 is 0 Å². The number of nitrogens with one attached hydrogen (secondary N) is 3. The highest BCUT2D eigenvalue weighted by molar-refractivity contribution is 7.80. The summed E-state index contributed by atoms with van der Waals surface area (Å²) in [5, 5.41) is 5.39. The smallest absolute Gasteiger partial charge is 0.288 e. The summed E-state index contributed by atoms with van der Waals surface area (Å²) in [6, 6.07) is 22.8. The monoisotopic (exact) mass is 543 g/mol. The van der Waals surface area contributed by atoms with Gasteiger partial charge in [-0.25, -0.2) is 0 Å². The van der Waals surface area contributed by atoms with Gasteiger partial charge in [0, 0.05) is 23.2 Å². The molecule has 0 fully saturated rings. The molecule has 2 heterocycles. The quantitative estimate of drug-likeness (QED) is 0.192. The Bertz CT molecular complexity index is 1540. The maximum Gasteiger partial charge on any atom is 0.288 e. The molecule has 3 N–H and O–H groups in total. The van der Waals surface area contributed by atoms with Crippen molar-refractivity contribution in [2.24, 2.45) is 0 Å². The number of hydrogen-bond acceptors (Lipinski definition) is 5. The number of nitrogens with zero attached hydrogens (tertiary/aromatic N) is 2. The molecule has 1 aliphatic heterocycles. The lowest BCUT2D eigenvalue weighted by atomic mass is 10.1. The maximum atomic E-state index is 13.0. The molecule has 0 spiro atoms. The maximum absolute atomic E-state index is 13.0. The van der Waals surface area contributed by atoms with Crippen molar-refractivity contribution in [1.29, 1.82) is 0 Å². The van der Waals surface area contributed by atoms with Crippen LogP contribution >= 0.6 is 23.8 Å². The average Bonchev–Trinajstić information content (AvgIpc) is 3.16. The topological polar surface area (TPSA) is 103 Å². The number of thiocarbonyl (C=S) groups is 1. The Balaban J connectivity index is 1.29. The largest absolute Gasteiger partial charge is 0.356 e. The van der Waals surface area contributed by atoms with E-state index in [0.717, 1.165) is 10.9 Å². The third-order valence-electron chi connectivity index (χ3n) is 6.17. The van der Waals surface area contributed by atoms with Gasteiger partial charge in [0.25, 0.3) is 17.7 Å². The van der Waals surface area contributed by atoms with Gasteiger partial charge in [-0.3, -0.25) is 35.1 Å². The van der Waals surface area contributed by atoms with E-state index in [4.69, 9.17) is 23.8 Å². The molecule has 0 saturated carbocycles. The van der Waals surface area contributed by atoms with Crippen molar-refractivity contribution in [2.45, 2.75) is 12.5 Å². The molecule has 5 rings (SSSR count). The fourth-order valence-corrected chi connectivity index (χ4v) is 4.86. The summed E-state index contributed by atoms with van der Waals surface area (Å²) < 4.78 is 0. The third kappa shape index (κ3) is 5.34. The van der Waals surface area contributed by atoms with E-state index < -0.39 is 11.9 Å². The summed E-state index contributed by atoms with van der Waals surface area (Å²) in [5.41, 5.74) is 7.15. The van der Waals surface area contributed by atoms with Crippen molar-refractivity contribution < 1.29 is 14.4 Å². The van der Waals surface area contributed by atoms with Crippen LogP contribution in [0.1, 0.15) is 36.8 Å². The number of hydrogen-bond donors (Lipinski definition) is 3. The third-order valence-corrected chi connectivity index (χ3v) is 6.62. The Kier molecular flexibility index (Phi) is 7.30. The van der Waals surface area contributed by atoms with Crippen molar-refractivity contribution in [3.05, 3.63) is 112 Å². The summed E-state index contributed by atoms with van der Waals surface area (Å²) in [6.07, 6.45) is 1.98. The van der Waals surface area contributed by atoms with Gasteiger partial charge in [-0.05, 0) is 59.9 Å². The fourth-order valence-electron chi connectivity index (χ4n) is 4.43. The van der Waals surface area contributed by atoms with E-state index in [1.807, 2.05) is 48.5 Å². The van der Waals surface area contributed by atoms with E-state index in [0.29, 0.717) is 28.0 Å². The number of hydrazine groups is 1. The lowest BCUT2D eigenvalue weighted by Gasteiger charge is -2.25. The molecule has 38 heavy (non-hydrogen) atoms. The van der Waals surface area contributed by atoms with E-state index in [1.165, 1.54) is 4.90 Å². The number of pyridine rings is 1. The van der Waals surface area contributed by atoms with E-state index in [1.54, 1.807) is 36.5 Å². The molecule has 3 amide bonds.